The first kappa shape index (κ1) is 17.5. The minimum Gasteiger partial charge on any atom is -0.489 e. The van der Waals surface area contributed by atoms with Crippen molar-refractivity contribution in [2.75, 3.05) is 6.54 Å². The number of ether oxygens (including phenoxy) is 1. The quantitative estimate of drug-likeness (QED) is 0.422. The fourth-order valence-electron chi connectivity index (χ4n) is 2.37. The Hall–Kier alpha value is -2.37. The van der Waals surface area contributed by atoms with Gasteiger partial charge in [-0.15, -0.1) is 6.58 Å². The molecule has 1 aliphatic heterocycles. The first-order valence-corrected chi connectivity index (χ1v) is 9.03. The number of benzene rings is 2. The van der Waals surface area contributed by atoms with Crippen molar-refractivity contribution in [2.45, 2.75) is 6.61 Å². The number of amides is 1. The maximum atomic E-state index is 12.4. The summed E-state index contributed by atoms with van der Waals surface area (Å²) in [6.07, 6.45) is 3.52. The van der Waals surface area contributed by atoms with Crippen molar-refractivity contribution in [1.29, 1.82) is 0 Å². The normalized spacial score (nSPS) is 15.7. The van der Waals surface area contributed by atoms with Crippen molar-refractivity contribution in [3.63, 3.8) is 0 Å². The highest BCUT2D eigenvalue weighted by atomic mass is 32.2. The van der Waals surface area contributed by atoms with E-state index in [2.05, 4.69) is 6.58 Å². The summed E-state index contributed by atoms with van der Waals surface area (Å²) in [5, 5.41) is 0. The first-order valence-electron chi connectivity index (χ1n) is 7.80. The van der Waals surface area contributed by atoms with E-state index in [1.807, 2.05) is 60.7 Å². The molecule has 5 heteroatoms. The summed E-state index contributed by atoms with van der Waals surface area (Å²) in [5.74, 6) is 0.685. The van der Waals surface area contributed by atoms with Crippen LogP contribution in [-0.4, -0.2) is 21.7 Å². The van der Waals surface area contributed by atoms with Crippen LogP contribution >= 0.6 is 24.0 Å². The summed E-state index contributed by atoms with van der Waals surface area (Å²) in [4.78, 5) is 14.5. The van der Waals surface area contributed by atoms with Gasteiger partial charge in [0.25, 0.3) is 5.91 Å². The third-order valence-electron chi connectivity index (χ3n) is 3.59. The Bertz CT molecular complexity index is 831. The third kappa shape index (κ3) is 4.38. The zero-order chi connectivity index (χ0) is 17.6. The molecule has 3 nitrogen and oxygen atoms in total. The van der Waals surface area contributed by atoms with Crippen molar-refractivity contribution >= 4 is 40.3 Å². The van der Waals surface area contributed by atoms with Crippen LogP contribution in [0.25, 0.3) is 6.08 Å². The summed E-state index contributed by atoms with van der Waals surface area (Å²) in [5.41, 5.74) is 2.02. The highest BCUT2D eigenvalue weighted by molar-refractivity contribution is 8.26. The van der Waals surface area contributed by atoms with Gasteiger partial charge < -0.3 is 4.74 Å². The van der Waals surface area contributed by atoms with Crippen LogP contribution in [0.4, 0.5) is 0 Å². The molecule has 1 heterocycles. The molecule has 25 heavy (non-hydrogen) atoms. The van der Waals surface area contributed by atoms with Gasteiger partial charge in [0.1, 0.15) is 16.7 Å². The van der Waals surface area contributed by atoms with Gasteiger partial charge in [0.05, 0.1) is 4.91 Å². The zero-order valence-corrected chi connectivity index (χ0v) is 15.2. The molecule has 1 aliphatic rings. The third-order valence-corrected chi connectivity index (χ3v) is 4.97. The van der Waals surface area contributed by atoms with E-state index in [1.54, 1.807) is 11.0 Å². The Morgan fingerprint density at radius 1 is 1.16 bits per heavy atom. The van der Waals surface area contributed by atoms with Crippen LogP contribution < -0.4 is 4.74 Å². The summed E-state index contributed by atoms with van der Waals surface area (Å²) in [6.45, 7) is 4.60. The lowest BCUT2D eigenvalue weighted by molar-refractivity contribution is -0.121. The fourth-order valence-corrected chi connectivity index (χ4v) is 3.65. The Morgan fingerprint density at radius 2 is 1.96 bits per heavy atom. The van der Waals surface area contributed by atoms with Gasteiger partial charge in [-0.3, -0.25) is 9.69 Å². The lowest BCUT2D eigenvalue weighted by atomic mass is 10.2. The lowest BCUT2D eigenvalue weighted by Gasteiger charge is -2.10. The van der Waals surface area contributed by atoms with Gasteiger partial charge in [0.15, 0.2) is 0 Å². The van der Waals surface area contributed by atoms with Gasteiger partial charge in [0.2, 0.25) is 0 Å². The van der Waals surface area contributed by atoms with Crippen LogP contribution in [0.15, 0.2) is 72.2 Å². The Labute approximate surface area is 157 Å². The molecule has 0 spiro atoms. The summed E-state index contributed by atoms with van der Waals surface area (Å²) in [6, 6.07) is 17.7. The minimum atomic E-state index is -0.0782. The Morgan fingerprint density at radius 3 is 2.72 bits per heavy atom. The van der Waals surface area contributed by atoms with Gasteiger partial charge in [-0.05, 0) is 29.3 Å². The molecule has 0 radical (unpaired) electrons. The topological polar surface area (TPSA) is 29.5 Å². The van der Waals surface area contributed by atoms with Gasteiger partial charge in [0, 0.05) is 6.54 Å². The number of rotatable bonds is 6. The number of hydrogen-bond donors (Lipinski definition) is 0. The molecule has 0 bridgehead atoms. The molecular formula is C20H17NO2S2. The van der Waals surface area contributed by atoms with Crippen molar-refractivity contribution in [1.82, 2.24) is 4.90 Å². The minimum absolute atomic E-state index is 0.0782. The largest absolute Gasteiger partial charge is 0.489 e. The molecule has 0 N–H and O–H groups in total. The van der Waals surface area contributed by atoms with Gasteiger partial charge >= 0.3 is 0 Å². The molecule has 2 aromatic rings. The van der Waals surface area contributed by atoms with Crippen molar-refractivity contribution < 1.29 is 9.53 Å². The summed E-state index contributed by atoms with van der Waals surface area (Å²) >= 11 is 6.57. The summed E-state index contributed by atoms with van der Waals surface area (Å²) < 4.78 is 6.40. The first-order chi connectivity index (χ1) is 12.2. The predicted molar refractivity (Wildman–Crippen MR) is 107 cm³/mol. The van der Waals surface area contributed by atoms with Crippen LogP contribution in [0.5, 0.6) is 5.75 Å². The van der Waals surface area contributed by atoms with E-state index in [9.17, 15) is 4.79 Å². The van der Waals surface area contributed by atoms with Crippen molar-refractivity contribution in [2.24, 2.45) is 0 Å². The van der Waals surface area contributed by atoms with Crippen molar-refractivity contribution in [3.8, 4) is 5.75 Å². The van der Waals surface area contributed by atoms with E-state index in [4.69, 9.17) is 17.0 Å². The molecule has 126 valence electrons. The Balaban J connectivity index is 1.72. The van der Waals surface area contributed by atoms with E-state index in [-0.39, 0.29) is 5.91 Å². The number of nitrogens with zero attached hydrogens (tertiary/aromatic N) is 1. The van der Waals surface area contributed by atoms with Crippen LogP contribution in [-0.2, 0) is 11.4 Å². The average molecular weight is 367 g/mol. The summed E-state index contributed by atoms with van der Waals surface area (Å²) in [7, 11) is 0. The Kier molecular flexibility index (Phi) is 5.68. The highest BCUT2D eigenvalue weighted by Gasteiger charge is 2.30. The van der Waals surface area contributed by atoms with Crippen molar-refractivity contribution in [3.05, 3.63) is 83.3 Å². The van der Waals surface area contributed by atoms with E-state index in [0.29, 0.717) is 22.4 Å². The number of carbonyl (C=O) groups is 1. The molecular weight excluding hydrogens is 350 g/mol. The van der Waals surface area contributed by atoms with E-state index in [1.165, 1.54) is 11.8 Å². The lowest BCUT2D eigenvalue weighted by Crippen LogP contribution is -2.27. The molecule has 1 saturated heterocycles. The second-order valence-electron chi connectivity index (χ2n) is 5.43. The number of hydrogen-bond acceptors (Lipinski definition) is 4. The van der Waals surface area contributed by atoms with Crippen LogP contribution in [0.2, 0.25) is 0 Å². The van der Waals surface area contributed by atoms with Crippen LogP contribution in [0.3, 0.4) is 0 Å². The maximum Gasteiger partial charge on any atom is 0.266 e. The average Bonchev–Trinajstić information content (AvgIpc) is 2.89. The molecule has 1 fully saturated rings. The zero-order valence-electron chi connectivity index (χ0n) is 13.6. The second-order valence-corrected chi connectivity index (χ2v) is 7.10. The fraction of sp³-hybridized carbons (Fsp3) is 0.100. The van der Waals surface area contributed by atoms with E-state index in [0.717, 1.165) is 16.9 Å². The maximum absolute atomic E-state index is 12.4. The smallest absolute Gasteiger partial charge is 0.266 e. The number of carbonyl (C=O) groups excluding carboxylic acids is 1. The monoisotopic (exact) mass is 367 g/mol. The number of thioether (sulfide) groups is 1. The molecule has 3 rings (SSSR count). The van der Waals surface area contributed by atoms with Crippen LogP contribution in [0, 0.1) is 0 Å². The second kappa shape index (κ2) is 8.14. The number of thiocarbonyl (C=S) groups is 1. The van der Waals surface area contributed by atoms with Gasteiger partial charge in [-0.2, -0.15) is 0 Å². The molecule has 0 aliphatic carbocycles. The van der Waals surface area contributed by atoms with Gasteiger partial charge in [-0.1, -0.05) is 72.5 Å². The van der Waals surface area contributed by atoms with Gasteiger partial charge in [-0.25, -0.2) is 0 Å². The molecule has 2 aromatic carbocycles. The molecule has 1 amide bonds. The highest BCUT2D eigenvalue weighted by Crippen LogP contribution is 2.32. The molecule has 0 aromatic heterocycles. The molecule has 0 unspecified atom stereocenters. The molecule has 0 saturated carbocycles. The van der Waals surface area contributed by atoms with Crippen LogP contribution in [0.1, 0.15) is 11.1 Å². The standard InChI is InChI=1S/C20H17NO2S2/c1-2-11-21-19(22)18(25-20(21)24)13-16-9-6-10-17(12-16)23-14-15-7-4-3-5-8-15/h2-10,12-13H,1,11,14H2/b18-13+. The predicted octanol–water partition coefficient (Wildman–Crippen LogP) is 4.65. The van der Waals surface area contributed by atoms with E-state index < -0.39 is 0 Å². The molecule has 0 atom stereocenters. The SMILES string of the molecule is C=CCN1C(=O)/C(=C\c2cccc(OCc3ccccc3)c2)SC1=S. The van der Waals surface area contributed by atoms with E-state index >= 15 is 0 Å².